The smallest absolute Gasteiger partial charge is 0.172 e. The van der Waals surface area contributed by atoms with Gasteiger partial charge in [0, 0.05) is 11.1 Å². The summed E-state index contributed by atoms with van der Waals surface area (Å²) in [6.45, 7) is 9.61. The van der Waals surface area contributed by atoms with Crippen LogP contribution in [0, 0.1) is 12.3 Å². The van der Waals surface area contributed by atoms with E-state index < -0.39 is 11.5 Å². The number of methoxy groups -OCH3 is 1. The van der Waals surface area contributed by atoms with Gasteiger partial charge in [-0.15, -0.1) is 0 Å². The average molecular weight is 262 g/mol. The van der Waals surface area contributed by atoms with Crippen molar-refractivity contribution in [3.63, 3.8) is 0 Å². The van der Waals surface area contributed by atoms with Crippen molar-refractivity contribution in [2.24, 2.45) is 5.41 Å². The molecule has 3 heteroatoms. The fraction of sp³-hybridized carbons (Fsp3) is 0.562. The molecule has 1 aliphatic rings. The number of hydrogen-bond acceptors (Lipinski definition) is 3. The maximum atomic E-state index is 12.6. The second-order valence-electron chi connectivity index (χ2n) is 6.19. The van der Waals surface area contributed by atoms with Gasteiger partial charge >= 0.3 is 0 Å². The Morgan fingerprint density at radius 3 is 2.42 bits per heavy atom. The normalized spacial score (nSPS) is 20.8. The highest BCUT2D eigenvalue weighted by atomic mass is 16.5. The lowest BCUT2D eigenvalue weighted by atomic mass is 9.85. The molecule has 0 spiro atoms. The maximum absolute atomic E-state index is 12.6. The van der Waals surface area contributed by atoms with E-state index in [0.29, 0.717) is 5.56 Å². The van der Waals surface area contributed by atoms with E-state index in [-0.39, 0.29) is 11.7 Å². The van der Waals surface area contributed by atoms with E-state index in [2.05, 4.69) is 13.8 Å². The summed E-state index contributed by atoms with van der Waals surface area (Å²) >= 11 is 0. The fourth-order valence-electron chi connectivity index (χ4n) is 2.88. The van der Waals surface area contributed by atoms with Gasteiger partial charge in [-0.3, -0.25) is 4.79 Å². The van der Waals surface area contributed by atoms with Crippen LogP contribution < -0.4 is 4.74 Å². The largest absolute Gasteiger partial charge is 0.496 e. The molecule has 0 fully saturated rings. The highest BCUT2D eigenvalue weighted by molar-refractivity contribution is 6.07. The molecule has 0 aliphatic heterocycles. The minimum absolute atomic E-state index is 0.00769. The molecule has 1 aromatic rings. The van der Waals surface area contributed by atoms with Gasteiger partial charge in [-0.25, -0.2) is 0 Å². The van der Waals surface area contributed by atoms with Crippen LogP contribution in [-0.2, 0) is 0 Å². The highest BCUT2D eigenvalue weighted by Crippen LogP contribution is 2.50. The minimum atomic E-state index is -0.761. The lowest BCUT2D eigenvalue weighted by molar-refractivity contribution is 0.0488. The molecule has 0 saturated carbocycles. The van der Waals surface area contributed by atoms with Crippen LogP contribution in [0.5, 0.6) is 5.75 Å². The number of fused-ring (bicyclic) bond motifs is 1. The van der Waals surface area contributed by atoms with Gasteiger partial charge in [-0.05, 0) is 43.9 Å². The number of benzene rings is 1. The number of hydrogen-bond donors (Lipinski definition) is 1. The molecule has 0 saturated heterocycles. The molecule has 1 aromatic carbocycles. The van der Waals surface area contributed by atoms with Gasteiger partial charge in [-0.2, -0.15) is 0 Å². The SMILES string of the molecule is COc1cc(C(C)C)c2c(c1C)C(=O)C(C)(C)[C@H]2O. The Morgan fingerprint density at radius 2 is 1.95 bits per heavy atom. The Balaban J connectivity index is 2.83. The molecule has 0 aromatic heterocycles. The zero-order valence-corrected chi connectivity index (χ0v) is 12.5. The van der Waals surface area contributed by atoms with Gasteiger partial charge in [0.05, 0.1) is 18.6 Å². The van der Waals surface area contributed by atoms with E-state index in [4.69, 9.17) is 4.74 Å². The molecule has 0 unspecified atom stereocenters. The van der Waals surface area contributed by atoms with Crippen molar-refractivity contribution >= 4 is 5.78 Å². The lowest BCUT2D eigenvalue weighted by Crippen LogP contribution is -2.24. The minimum Gasteiger partial charge on any atom is -0.496 e. The second kappa shape index (κ2) is 4.34. The van der Waals surface area contributed by atoms with Gasteiger partial charge in [0.1, 0.15) is 5.75 Å². The topological polar surface area (TPSA) is 46.5 Å². The number of ketones is 1. The number of Topliss-reactive ketones (excluding diaryl/α,β-unsaturated/α-hetero) is 1. The predicted molar refractivity (Wildman–Crippen MR) is 74.9 cm³/mol. The van der Waals surface area contributed by atoms with E-state index in [9.17, 15) is 9.90 Å². The van der Waals surface area contributed by atoms with Crippen molar-refractivity contribution < 1.29 is 14.6 Å². The average Bonchev–Trinajstić information content (AvgIpc) is 2.52. The lowest BCUT2D eigenvalue weighted by Gasteiger charge is -2.22. The molecule has 1 atom stereocenters. The summed E-state index contributed by atoms with van der Waals surface area (Å²) in [5, 5.41) is 10.5. The van der Waals surface area contributed by atoms with Crippen molar-refractivity contribution in [1.29, 1.82) is 0 Å². The van der Waals surface area contributed by atoms with Gasteiger partial charge in [-0.1, -0.05) is 13.8 Å². The van der Waals surface area contributed by atoms with Crippen molar-refractivity contribution in [3.05, 3.63) is 28.3 Å². The number of ether oxygens (including phenoxy) is 1. The molecule has 19 heavy (non-hydrogen) atoms. The number of carbonyl (C=O) groups is 1. The Bertz CT molecular complexity index is 541. The van der Waals surface area contributed by atoms with Crippen LogP contribution in [0.3, 0.4) is 0 Å². The Labute approximate surface area is 114 Å². The third-order valence-electron chi connectivity index (χ3n) is 4.22. The van der Waals surface area contributed by atoms with Crippen molar-refractivity contribution in [2.45, 2.75) is 46.6 Å². The van der Waals surface area contributed by atoms with E-state index in [1.165, 1.54) is 0 Å². The molecule has 104 valence electrons. The van der Waals surface area contributed by atoms with Crippen LogP contribution in [0.15, 0.2) is 6.07 Å². The Hall–Kier alpha value is -1.35. The summed E-state index contributed by atoms with van der Waals surface area (Å²) in [5.74, 6) is 0.966. The first-order chi connectivity index (χ1) is 8.73. The molecular formula is C16H22O3. The summed E-state index contributed by atoms with van der Waals surface area (Å²) in [7, 11) is 1.61. The zero-order chi connectivity index (χ0) is 14.5. The summed E-state index contributed by atoms with van der Waals surface area (Å²) in [6, 6.07) is 1.96. The van der Waals surface area contributed by atoms with Gasteiger partial charge in [0.25, 0.3) is 0 Å². The third-order valence-corrected chi connectivity index (χ3v) is 4.22. The van der Waals surface area contributed by atoms with E-state index in [1.54, 1.807) is 21.0 Å². The van der Waals surface area contributed by atoms with Crippen LogP contribution in [0.1, 0.15) is 66.8 Å². The molecule has 3 nitrogen and oxygen atoms in total. The molecule has 2 rings (SSSR count). The Morgan fingerprint density at radius 1 is 1.37 bits per heavy atom. The van der Waals surface area contributed by atoms with Crippen molar-refractivity contribution in [2.75, 3.05) is 7.11 Å². The number of rotatable bonds is 2. The quantitative estimate of drug-likeness (QED) is 0.888. The van der Waals surface area contributed by atoms with Crippen LogP contribution in [0.4, 0.5) is 0 Å². The van der Waals surface area contributed by atoms with Crippen LogP contribution >= 0.6 is 0 Å². The molecule has 0 heterocycles. The fourth-order valence-corrected chi connectivity index (χ4v) is 2.88. The van der Waals surface area contributed by atoms with Crippen molar-refractivity contribution in [1.82, 2.24) is 0 Å². The first-order valence-corrected chi connectivity index (χ1v) is 6.67. The van der Waals surface area contributed by atoms with Gasteiger partial charge in [0.15, 0.2) is 5.78 Å². The number of aliphatic hydroxyl groups excluding tert-OH is 1. The second-order valence-corrected chi connectivity index (χ2v) is 6.19. The molecule has 1 N–H and O–H groups in total. The van der Waals surface area contributed by atoms with Crippen LogP contribution in [-0.4, -0.2) is 18.0 Å². The molecule has 0 radical (unpaired) electrons. The number of aliphatic hydroxyl groups is 1. The molecular weight excluding hydrogens is 240 g/mol. The summed E-state index contributed by atoms with van der Waals surface area (Å²) in [5.41, 5.74) is 2.52. The van der Waals surface area contributed by atoms with Gasteiger partial charge < -0.3 is 9.84 Å². The van der Waals surface area contributed by atoms with Crippen LogP contribution in [0.2, 0.25) is 0 Å². The monoisotopic (exact) mass is 262 g/mol. The summed E-state index contributed by atoms with van der Waals surface area (Å²) in [4.78, 5) is 12.6. The highest BCUT2D eigenvalue weighted by Gasteiger charge is 2.48. The predicted octanol–water partition coefficient (Wildman–Crippen LogP) is 3.38. The molecule has 0 bridgehead atoms. The zero-order valence-electron chi connectivity index (χ0n) is 12.5. The number of carbonyl (C=O) groups excluding carboxylic acids is 1. The maximum Gasteiger partial charge on any atom is 0.172 e. The third kappa shape index (κ3) is 1.79. The van der Waals surface area contributed by atoms with Crippen molar-refractivity contribution in [3.8, 4) is 5.75 Å². The molecule has 0 amide bonds. The summed E-state index contributed by atoms with van der Waals surface area (Å²) < 4.78 is 5.38. The first-order valence-electron chi connectivity index (χ1n) is 6.67. The molecule has 1 aliphatic carbocycles. The van der Waals surface area contributed by atoms with E-state index in [0.717, 1.165) is 22.4 Å². The standard InChI is InChI=1S/C16H22O3/c1-8(2)10-7-11(19-6)9(3)12-13(10)15(18)16(4,5)14(12)17/h7-8,15,18H,1-6H3/t15-/m0/s1. The van der Waals surface area contributed by atoms with E-state index >= 15 is 0 Å². The first kappa shape index (κ1) is 14.1. The Kier molecular flexibility index (Phi) is 3.21. The van der Waals surface area contributed by atoms with Crippen LogP contribution in [0.25, 0.3) is 0 Å². The van der Waals surface area contributed by atoms with Gasteiger partial charge in [0.2, 0.25) is 0 Å². The summed E-state index contributed by atoms with van der Waals surface area (Å²) in [6.07, 6.45) is -0.739. The van der Waals surface area contributed by atoms with E-state index in [1.807, 2.05) is 13.0 Å².